The fourth-order valence-electron chi connectivity index (χ4n) is 2.33. The average molecular weight is 279 g/mol. The summed E-state index contributed by atoms with van der Waals surface area (Å²) in [6.07, 6.45) is 1.25. The van der Waals surface area contributed by atoms with Crippen LogP contribution in [0.15, 0.2) is 60.8 Å². The molecule has 0 unspecified atom stereocenters. The van der Waals surface area contributed by atoms with Crippen molar-refractivity contribution in [2.45, 2.75) is 19.6 Å². The minimum Gasteiger partial charge on any atom is -0.489 e. The number of hydrogen-bond acceptors (Lipinski definition) is 3. The highest BCUT2D eigenvalue weighted by molar-refractivity contribution is 5.78. The summed E-state index contributed by atoms with van der Waals surface area (Å²) in [4.78, 5) is 4.30. The second-order valence-corrected chi connectivity index (χ2v) is 5.03. The fourth-order valence-corrected chi connectivity index (χ4v) is 2.33. The normalized spacial score (nSPS) is 12.3. The number of pyridine rings is 1. The lowest BCUT2D eigenvalue weighted by atomic mass is 10.1. The van der Waals surface area contributed by atoms with Crippen molar-refractivity contribution in [3.63, 3.8) is 0 Å². The quantitative estimate of drug-likeness (QED) is 0.788. The molecule has 1 atom stereocenters. The Kier molecular flexibility index (Phi) is 3.84. The van der Waals surface area contributed by atoms with Gasteiger partial charge in [0.1, 0.15) is 12.4 Å². The van der Waals surface area contributed by atoms with Crippen molar-refractivity contribution in [1.82, 2.24) is 4.98 Å². The lowest BCUT2D eigenvalue weighted by Gasteiger charge is -2.13. The van der Waals surface area contributed by atoms with Gasteiger partial charge in [-0.25, -0.2) is 0 Å². The molecule has 0 amide bonds. The van der Waals surface area contributed by atoms with E-state index in [2.05, 4.69) is 11.1 Å². The molecule has 1 heterocycles. The second kappa shape index (κ2) is 5.94. The Morgan fingerprint density at radius 1 is 1.10 bits per heavy atom. The number of rotatable bonds is 4. The number of benzene rings is 2. The first-order valence-electron chi connectivity index (χ1n) is 6.97. The van der Waals surface area contributed by atoms with Crippen molar-refractivity contribution < 1.29 is 9.84 Å². The molecule has 0 aliphatic carbocycles. The minimum atomic E-state index is -0.540. The van der Waals surface area contributed by atoms with E-state index in [0.717, 1.165) is 27.8 Å². The first-order chi connectivity index (χ1) is 10.2. The van der Waals surface area contributed by atoms with Crippen molar-refractivity contribution in [3.05, 3.63) is 71.9 Å². The predicted octanol–water partition coefficient (Wildman–Crippen LogP) is 3.87. The molecule has 21 heavy (non-hydrogen) atoms. The Bertz CT molecular complexity index is 753. The summed E-state index contributed by atoms with van der Waals surface area (Å²) in [6, 6.07) is 17.6. The van der Waals surface area contributed by atoms with Crippen LogP contribution in [0.5, 0.6) is 5.75 Å². The molecule has 0 spiro atoms. The average Bonchev–Trinajstić information content (AvgIpc) is 2.53. The number of hydrogen-bond donors (Lipinski definition) is 1. The van der Waals surface area contributed by atoms with Crippen LogP contribution in [0.25, 0.3) is 10.9 Å². The van der Waals surface area contributed by atoms with Crippen molar-refractivity contribution >= 4 is 10.9 Å². The van der Waals surface area contributed by atoms with Gasteiger partial charge in [-0.05, 0) is 36.8 Å². The van der Waals surface area contributed by atoms with Crippen LogP contribution in [0.3, 0.4) is 0 Å². The van der Waals surface area contributed by atoms with Gasteiger partial charge >= 0.3 is 0 Å². The van der Waals surface area contributed by atoms with Crippen molar-refractivity contribution in [2.24, 2.45) is 0 Å². The third-order valence-electron chi connectivity index (χ3n) is 3.43. The number of fused-ring (bicyclic) bond motifs is 1. The van der Waals surface area contributed by atoms with Gasteiger partial charge in [0, 0.05) is 17.1 Å². The highest BCUT2D eigenvalue weighted by Gasteiger charge is 2.08. The van der Waals surface area contributed by atoms with E-state index in [0.29, 0.717) is 6.61 Å². The van der Waals surface area contributed by atoms with E-state index in [1.54, 1.807) is 13.1 Å². The summed E-state index contributed by atoms with van der Waals surface area (Å²) in [7, 11) is 0. The van der Waals surface area contributed by atoms with Gasteiger partial charge in [0.2, 0.25) is 0 Å². The van der Waals surface area contributed by atoms with Crippen molar-refractivity contribution in [3.8, 4) is 5.75 Å². The molecule has 0 aliphatic rings. The summed E-state index contributed by atoms with van der Waals surface area (Å²) in [6.45, 7) is 2.21. The third-order valence-corrected chi connectivity index (χ3v) is 3.43. The van der Waals surface area contributed by atoms with Gasteiger partial charge in [-0.2, -0.15) is 0 Å². The van der Waals surface area contributed by atoms with E-state index >= 15 is 0 Å². The van der Waals surface area contributed by atoms with E-state index < -0.39 is 6.10 Å². The van der Waals surface area contributed by atoms with Crippen LogP contribution in [0.1, 0.15) is 24.2 Å². The zero-order valence-corrected chi connectivity index (χ0v) is 11.9. The van der Waals surface area contributed by atoms with Gasteiger partial charge < -0.3 is 9.84 Å². The summed E-state index contributed by atoms with van der Waals surface area (Å²) in [5, 5.41) is 10.9. The predicted molar refractivity (Wildman–Crippen MR) is 83.2 cm³/mol. The minimum absolute atomic E-state index is 0.467. The maximum atomic E-state index is 9.75. The Morgan fingerprint density at radius 3 is 2.81 bits per heavy atom. The lowest BCUT2D eigenvalue weighted by molar-refractivity contribution is 0.190. The van der Waals surface area contributed by atoms with Crippen LogP contribution in [-0.4, -0.2) is 10.1 Å². The number of ether oxygens (including phenoxy) is 1. The van der Waals surface area contributed by atoms with Gasteiger partial charge in [-0.3, -0.25) is 4.98 Å². The first kappa shape index (κ1) is 13.6. The first-order valence-corrected chi connectivity index (χ1v) is 6.97. The number of nitrogens with zero attached hydrogens (tertiary/aromatic N) is 1. The van der Waals surface area contributed by atoms with Crippen LogP contribution in [0.4, 0.5) is 0 Å². The van der Waals surface area contributed by atoms with E-state index in [4.69, 9.17) is 4.74 Å². The fraction of sp³-hybridized carbons (Fsp3) is 0.167. The Balaban J connectivity index is 1.80. The SMILES string of the molecule is C[C@@H](O)c1ccccc1OCc1ccc2ncccc2c1. The van der Waals surface area contributed by atoms with E-state index in [1.165, 1.54) is 0 Å². The summed E-state index contributed by atoms with van der Waals surface area (Å²) < 4.78 is 5.85. The highest BCUT2D eigenvalue weighted by Crippen LogP contribution is 2.25. The molecule has 3 nitrogen and oxygen atoms in total. The van der Waals surface area contributed by atoms with Gasteiger partial charge in [0.15, 0.2) is 0 Å². The molecule has 106 valence electrons. The molecular weight excluding hydrogens is 262 g/mol. The Labute approximate surface area is 123 Å². The molecule has 2 aromatic carbocycles. The van der Waals surface area contributed by atoms with E-state index in [-0.39, 0.29) is 0 Å². The topological polar surface area (TPSA) is 42.4 Å². The largest absolute Gasteiger partial charge is 0.489 e. The van der Waals surface area contributed by atoms with Crippen molar-refractivity contribution in [2.75, 3.05) is 0 Å². The molecule has 0 bridgehead atoms. The maximum absolute atomic E-state index is 9.75. The van der Waals surface area contributed by atoms with Gasteiger partial charge in [0.25, 0.3) is 0 Å². The van der Waals surface area contributed by atoms with Crippen LogP contribution in [-0.2, 0) is 6.61 Å². The summed E-state index contributed by atoms with van der Waals surface area (Å²) in [5.74, 6) is 0.721. The molecule has 0 saturated heterocycles. The van der Waals surface area contributed by atoms with Crippen LogP contribution < -0.4 is 4.74 Å². The molecule has 1 aromatic heterocycles. The molecule has 0 radical (unpaired) electrons. The molecule has 1 N–H and O–H groups in total. The van der Waals surface area contributed by atoms with E-state index in [1.807, 2.05) is 48.5 Å². The summed E-state index contributed by atoms with van der Waals surface area (Å²) >= 11 is 0. The number of para-hydroxylation sites is 1. The van der Waals surface area contributed by atoms with Crippen LogP contribution in [0, 0.1) is 0 Å². The van der Waals surface area contributed by atoms with Gasteiger partial charge in [-0.1, -0.05) is 30.3 Å². The van der Waals surface area contributed by atoms with Gasteiger partial charge in [-0.15, -0.1) is 0 Å². The second-order valence-electron chi connectivity index (χ2n) is 5.03. The molecular formula is C18H17NO2. The molecule has 3 heteroatoms. The summed E-state index contributed by atoms with van der Waals surface area (Å²) in [5.41, 5.74) is 2.86. The Hall–Kier alpha value is -2.39. The number of aliphatic hydroxyl groups excluding tert-OH is 1. The standard InChI is InChI=1S/C18H17NO2/c1-13(20)16-6-2-3-7-18(16)21-12-14-8-9-17-15(11-14)5-4-10-19-17/h2-11,13,20H,12H2,1H3/t13-/m1/s1. The molecule has 3 rings (SSSR count). The van der Waals surface area contributed by atoms with E-state index in [9.17, 15) is 5.11 Å². The molecule has 3 aromatic rings. The maximum Gasteiger partial charge on any atom is 0.125 e. The molecule has 0 fully saturated rings. The monoisotopic (exact) mass is 279 g/mol. The van der Waals surface area contributed by atoms with Crippen LogP contribution >= 0.6 is 0 Å². The van der Waals surface area contributed by atoms with Crippen LogP contribution in [0.2, 0.25) is 0 Å². The molecule has 0 aliphatic heterocycles. The number of aliphatic hydroxyl groups is 1. The molecule has 0 saturated carbocycles. The third kappa shape index (κ3) is 3.03. The zero-order valence-electron chi connectivity index (χ0n) is 11.9. The highest BCUT2D eigenvalue weighted by atomic mass is 16.5. The smallest absolute Gasteiger partial charge is 0.125 e. The van der Waals surface area contributed by atoms with Gasteiger partial charge in [0.05, 0.1) is 11.6 Å². The Morgan fingerprint density at radius 2 is 1.95 bits per heavy atom. The lowest BCUT2D eigenvalue weighted by Crippen LogP contribution is -2.00. The van der Waals surface area contributed by atoms with Crippen molar-refractivity contribution in [1.29, 1.82) is 0 Å². The zero-order chi connectivity index (χ0) is 14.7. The number of aromatic nitrogens is 1.